The summed E-state index contributed by atoms with van der Waals surface area (Å²) in [7, 11) is 0. The van der Waals surface area contributed by atoms with E-state index in [1.807, 2.05) is 0 Å². The van der Waals surface area contributed by atoms with Gasteiger partial charge < -0.3 is 9.84 Å². The SMILES string of the molecule is CCCc1ccc(C(O)CC2CCCCO2)cc1. The molecule has 2 rings (SSSR count). The summed E-state index contributed by atoms with van der Waals surface area (Å²) in [5.41, 5.74) is 2.37. The molecule has 1 fully saturated rings. The second-order valence-corrected chi connectivity index (χ2v) is 5.23. The van der Waals surface area contributed by atoms with Gasteiger partial charge in [-0.1, -0.05) is 37.6 Å². The Morgan fingerprint density at radius 2 is 2.06 bits per heavy atom. The summed E-state index contributed by atoms with van der Waals surface area (Å²) >= 11 is 0. The number of rotatable bonds is 5. The minimum Gasteiger partial charge on any atom is -0.388 e. The molecule has 0 radical (unpaired) electrons. The molecule has 0 bridgehead atoms. The Morgan fingerprint density at radius 1 is 1.28 bits per heavy atom. The fourth-order valence-electron chi connectivity index (χ4n) is 2.57. The molecule has 0 amide bonds. The van der Waals surface area contributed by atoms with Crippen LogP contribution in [-0.4, -0.2) is 17.8 Å². The van der Waals surface area contributed by atoms with Crippen molar-refractivity contribution in [1.29, 1.82) is 0 Å². The smallest absolute Gasteiger partial charge is 0.0814 e. The molecule has 2 nitrogen and oxygen atoms in total. The van der Waals surface area contributed by atoms with Crippen molar-refractivity contribution in [2.45, 2.75) is 57.7 Å². The summed E-state index contributed by atoms with van der Waals surface area (Å²) in [5.74, 6) is 0. The predicted octanol–water partition coefficient (Wildman–Crippen LogP) is 3.63. The zero-order valence-corrected chi connectivity index (χ0v) is 11.3. The van der Waals surface area contributed by atoms with E-state index in [9.17, 15) is 5.11 Å². The van der Waals surface area contributed by atoms with E-state index in [1.54, 1.807) is 0 Å². The van der Waals surface area contributed by atoms with Crippen LogP contribution in [0.1, 0.15) is 56.3 Å². The van der Waals surface area contributed by atoms with Crippen LogP contribution < -0.4 is 0 Å². The first-order valence-corrected chi connectivity index (χ1v) is 7.18. The Bertz CT molecular complexity index is 339. The first kappa shape index (κ1) is 13.6. The van der Waals surface area contributed by atoms with Crippen molar-refractivity contribution in [2.24, 2.45) is 0 Å². The van der Waals surface area contributed by atoms with Crippen molar-refractivity contribution >= 4 is 0 Å². The van der Waals surface area contributed by atoms with Gasteiger partial charge in [0.1, 0.15) is 0 Å². The van der Waals surface area contributed by atoms with Gasteiger partial charge in [0.2, 0.25) is 0 Å². The van der Waals surface area contributed by atoms with E-state index in [-0.39, 0.29) is 12.2 Å². The minimum atomic E-state index is -0.385. The van der Waals surface area contributed by atoms with Gasteiger partial charge in [0.05, 0.1) is 12.2 Å². The van der Waals surface area contributed by atoms with Gasteiger partial charge in [0, 0.05) is 13.0 Å². The highest BCUT2D eigenvalue weighted by Crippen LogP contribution is 2.25. The van der Waals surface area contributed by atoms with E-state index in [0.717, 1.165) is 44.3 Å². The van der Waals surface area contributed by atoms with Crippen molar-refractivity contribution in [3.8, 4) is 0 Å². The van der Waals surface area contributed by atoms with Crippen LogP contribution in [0.25, 0.3) is 0 Å². The third-order valence-electron chi connectivity index (χ3n) is 3.66. The number of hydrogen-bond donors (Lipinski definition) is 1. The topological polar surface area (TPSA) is 29.5 Å². The van der Waals surface area contributed by atoms with Crippen LogP contribution >= 0.6 is 0 Å². The van der Waals surface area contributed by atoms with E-state index in [0.29, 0.717) is 0 Å². The summed E-state index contributed by atoms with van der Waals surface area (Å²) in [5, 5.41) is 10.2. The molecule has 0 spiro atoms. The third-order valence-corrected chi connectivity index (χ3v) is 3.66. The number of ether oxygens (including phenoxy) is 1. The molecular weight excluding hydrogens is 224 g/mol. The molecule has 1 N–H and O–H groups in total. The summed E-state index contributed by atoms with van der Waals surface area (Å²) in [6.07, 6.45) is 6.34. The molecule has 2 atom stereocenters. The minimum absolute atomic E-state index is 0.240. The standard InChI is InChI=1S/C16H24O2/c1-2-5-13-7-9-14(10-8-13)16(17)12-15-6-3-4-11-18-15/h7-10,15-17H,2-6,11-12H2,1H3. The molecule has 1 aromatic carbocycles. The monoisotopic (exact) mass is 248 g/mol. The molecule has 18 heavy (non-hydrogen) atoms. The van der Waals surface area contributed by atoms with E-state index < -0.39 is 0 Å². The molecule has 1 aromatic rings. The zero-order valence-electron chi connectivity index (χ0n) is 11.3. The van der Waals surface area contributed by atoms with Crippen LogP contribution in [0.15, 0.2) is 24.3 Å². The largest absolute Gasteiger partial charge is 0.388 e. The van der Waals surface area contributed by atoms with Crippen molar-refractivity contribution in [3.63, 3.8) is 0 Å². The fraction of sp³-hybridized carbons (Fsp3) is 0.625. The second-order valence-electron chi connectivity index (χ2n) is 5.23. The highest BCUT2D eigenvalue weighted by Gasteiger charge is 2.18. The summed E-state index contributed by atoms with van der Waals surface area (Å²) in [6.45, 7) is 3.04. The Labute approximate surface area is 110 Å². The Balaban J connectivity index is 1.89. The molecule has 0 aromatic heterocycles. The van der Waals surface area contributed by atoms with Crippen molar-refractivity contribution < 1.29 is 9.84 Å². The molecule has 2 unspecified atom stereocenters. The summed E-state index contributed by atoms with van der Waals surface area (Å²) in [4.78, 5) is 0. The van der Waals surface area contributed by atoms with E-state index in [1.165, 1.54) is 12.0 Å². The number of hydrogen-bond acceptors (Lipinski definition) is 2. The van der Waals surface area contributed by atoms with Crippen LogP contribution in [-0.2, 0) is 11.2 Å². The highest BCUT2D eigenvalue weighted by molar-refractivity contribution is 5.24. The van der Waals surface area contributed by atoms with Gasteiger partial charge in [-0.25, -0.2) is 0 Å². The van der Waals surface area contributed by atoms with Crippen molar-refractivity contribution in [1.82, 2.24) is 0 Å². The van der Waals surface area contributed by atoms with Crippen molar-refractivity contribution in [2.75, 3.05) is 6.61 Å². The number of aryl methyl sites for hydroxylation is 1. The average molecular weight is 248 g/mol. The lowest BCUT2D eigenvalue weighted by molar-refractivity contribution is -0.0155. The van der Waals surface area contributed by atoms with E-state index >= 15 is 0 Å². The van der Waals surface area contributed by atoms with Crippen LogP contribution in [0.2, 0.25) is 0 Å². The zero-order chi connectivity index (χ0) is 12.8. The summed E-state index contributed by atoms with van der Waals surface area (Å²) < 4.78 is 5.67. The van der Waals surface area contributed by atoms with Crippen LogP contribution in [0.3, 0.4) is 0 Å². The molecule has 1 saturated heterocycles. The Kier molecular flexibility index (Phi) is 5.21. The lowest BCUT2D eigenvalue weighted by Crippen LogP contribution is -2.21. The number of aliphatic hydroxyl groups is 1. The molecule has 2 heteroatoms. The maximum atomic E-state index is 10.2. The maximum Gasteiger partial charge on any atom is 0.0814 e. The number of aliphatic hydroxyl groups excluding tert-OH is 1. The van der Waals surface area contributed by atoms with Crippen LogP contribution in [0.4, 0.5) is 0 Å². The number of benzene rings is 1. The molecule has 1 aliphatic heterocycles. The van der Waals surface area contributed by atoms with E-state index in [4.69, 9.17) is 4.74 Å². The van der Waals surface area contributed by atoms with Gasteiger partial charge in [-0.3, -0.25) is 0 Å². The molecule has 0 saturated carbocycles. The molecule has 1 heterocycles. The first-order chi connectivity index (χ1) is 8.79. The van der Waals surface area contributed by atoms with Gasteiger partial charge in [-0.15, -0.1) is 0 Å². The normalized spacial score (nSPS) is 21.8. The van der Waals surface area contributed by atoms with Gasteiger partial charge in [-0.05, 0) is 36.8 Å². The van der Waals surface area contributed by atoms with Gasteiger partial charge in [0.15, 0.2) is 0 Å². The highest BCUT2D eigenvalue weighted by atomic mass is 16.5. The predicted molar refractivity (Wildman–Crippen MR) is 73.6 cm³/mol. The lowest BCUT2D eigenvalue weighted by Gasteiger charge is -2.25. The second kappa shape index (κ2) is 6.91. The fourth-order valence-corrected chi connectivity index (χ4v) is 2.57. The quantitative estimate of drug-likeness (QED) is 0.862. The van der Waals surface area contributed by atoms with Crippen LogP contribution in [0.5, 0.6) is 0 Å². The average Bonchev–Trinajstić information content (AvgIpc) is 2.41. The van der Waals surface area contributed by atoms with Crippen molar-refractivity contribution in [3.05, 3.63) is 35.4 Å². The molecular formula is C16H24O2. The van der Waals surface area contributed by atoms with Gasteiger partial charge in [0.25, 0.3) is 0 Å². The molecule has 0 aliphatic carbocycles. The summed E-state index contributed by atoms with van der Waals surface area (Å²) in [6, 6.07) is 8.37. The van der Waals surface area contributed by atoms with Gasteiger partial charge >= 0.3 is 0 Å². The molecule has 1 aliphatic rings. The maximum absolute atomic E-state index is 10.2. The van der Waals surface area contributed by atoms with E-state index in [2.05, 4.69) is 31.2 Å². The Morgan fingerprint density at radius 3 is 2.67 bits per heavy atom. The first-order valence-electron chi connectivity index (χ1n) is 7.18. The van der Waals surface area contributed by atoms with Gasteiger partial charge in [-0.2, -0.15) is 0 Å². The lowest BCUT2D eigenvalue weighted by atomic mass is 9.97. The Hall–Kier alpha value is -0.860. The third kappa shape index (κ3) is 3.82. The van der Waals surface area contributed by atoms with Crippen LogP contribution in [0, 0.1) is 0 Å². The molecule has 100 valence electrons.